The number of aliphatic hydroxyl groups is 1. The van der Waals surface area contributed by atoms with Crippen LogP contribution in [0.25, 0.3) is 0 Å². The molecule has 0 aromatic heterocycles. The summed E-state index contributed by atoms with van der Waals surface area (Å²) < 4.78 is 5.11. The van der Waals surface area contributed by atoms with Crippen molar-refractivity contribution in [2.45, 2.75) is 19.4 Å². The molecule has 0 fully saturated rings. The summed E-state index contributed by atoms with van der Waals surface area (Å²) in [7, 11) is 1.57. The van der Waals surface area contributed by atoms with Crippen LogP contribution in [-0.2, 0) is 6.42 Å². The first-order valence-corrected chi connectivity index (χ1v) is 6.36. The lowest BCUT2D eigenvalue weighted by Gasteiger charge is -2.14. The molecule has 0 bridgehead atoms. The fraction of sp³-hybridized carbons (Fsp3) is 0.250. The average Bonchev–Trinajstić information content (AvgIpc) is 2.46. The fourth-order valence-corrected chi connectivity index (χ4v) is 2.05. The van der Waals surface area contributed by atoms with Crippen molar-refractivity contribution in [2.24, 2.45) is 0 Å². The molecule has 0 saturated heterocycles. The van der Waals surface area contributed by atoms with Gasteiger partial charge in [0.15, 0.2) is 0 Å². The van der Waals surface area contributed by atoms with Crippen molar-refractivity contribution in [3.05, 3.63) is 59.2 Å². The zero-order valence-electron chi connectivity index (χ0n) is 11.3. The number of anilines is 1. The SMILES string of the molecule is CCc1ccc(C(O)c2ccc(OC)c(N)c2)cc1. The highest BCUT2D eigenvalue weighted by molar-refractivity contribution is 5.55. The molecule has 3 N–H and O–H groups in total. The largest absolute Gasteiger partial charge is 0.495 e. The van der Waals surface area contributed by atoms with Crippen molar-refractivity contribution in [1.82, 2.24) is 0 Å². The number of methoxy groups -OCH3 is 1. The van der Waals surface area contributed by atoms with Gasteiger partial charge < -0.3 is 15.6 Å². The molecule has 0 heterocycles. The van der Waals surface area contributed by atoms with Crippen LogP contribution in [0.3, 0.4) is 0 Å². The van der Waals surface area contributed by atoms with Crippen LogP contribution in [0.2, 0.25) is 0 Å². The van der Waals surface area contributed by atoms with E-state index in [0.29, 0.717) is 11.4 Å². The van der Waals surface area contributed by atoms with Crippen molar-refractivity contribution in [3.63, 3.8) is 0 Å². The van der Waals surface area contributed by atoms with E-state index in [2.05, 4.69) is 6.92 Å². The zero-order valence-corrected chi connectivity index (χ0v) is 11.3. The first-order valence-electron chi connectivity index (χ1n) is 6.36. The minimum absolute atomic E-state index is 0.532. The van der Waals surface area contributed by atoms with Crippen LogP contribution in [0.5, 0.6) is 5.75 Å². The second-order valence-corrected chi connectivity index (χ2v) is 4.50. The summed E-state index contributed by atoms with van der Waals surface area (Å²) in [6.45, 7) is 2.11. The number of ether oxygens (including phenoxy) is 1. The molecular weight excluding hydrogens is 238 g/mol. The van der Waals surface area contributed by atoms with E-state index in [1.54, 1.807) is 19.2 Å². The van der Waals surface area contributed by atoms with E-state index in [0.717, 1.165) is 17.5 Å². The first-order chi connectivity index (χ1) is 9.15. The van der Waals surface area contributed by atoms with E-state index in [-0.39, 0.29) is 0 Å². The van der Waals surface area contributed by atoms with Crippen LogP contribution in [0, 0.1) is 0 Å². The molecule has 0 aliphatic rings. The molecule has 0 saturated carbocycles. The van der Waals surface area contributed by atoms with E-state index in [1.807, 2.05) is 30.3 Å². The number of hydrogen-bond acceptors (Lipinski definition) is 3. The van der Waals surface area contributed by atoms with Crippen LogP contribution in [0.4, 0.5) is 5.69 Å². The van der Waals surface area contributed by atoms with E-state index in [9.17, 15) is 5.11 Å². The van der Waals surface area contributed by atoms with Crippen molar-refractivity contribution in [1.29, 1.82) is 0 Å². The first kappa shape index (κ1) is 13.4. The maximum atomic E-state index is 10.3. The monoisotopic (exact) mass is 257 g/mol. The molecule has 2 aromatic rings. The van der Waals surface area contributed by atoms with Gasteiger partial charge >= 0.3 is 0 Å². The van der Waals surface area contributed by atoms with Crippen LogP contribution >= 0.6 is 0 Å². The fourth-order valence-electron chi connectivity index (χ4n) is 2.05. The normalized spacial score (nSPS) is 12.2. The molecule has 3 nitrogen and oxygen atoms in total. The molecule has 0 spiro atoms. The Morgan fingerprint density at radius 1 is 1.11 bits per heavy atom. The summed E-state index contributed by atoms with van der Waals surface area (Å²) in [5.41, 5.74) is 9.27. The van der Waals surface area contributed by atoms with Crippen LogP contribution in [0.1, 0.15) is 29.7 Å². The maximum absolute atomic E-state index is 10.3. The van der Waals surface area contributed by atoms with Gasteiger partial charge in [-0.2, -0.15) is 0 Å². The molecular formula is C16H19NO2. The molecule has 2 rings (SSSR count). The number of benzene rings is 2. The van der Waals surface area contributed by atoms with Gasteiger partial charge in [0.1, 0.15) is 11.9 Å². The predicted molar refractivity (Wildman–Crippen MR) is 77.3 cm³/mol. The number of nitrogen functional groups attached to an aromatic ring is 1. The van der Waals surface area contributed by atoms with Crippen LogP contribution in [-0.4, -0.2) is 12.2 Å². The summed E-state index contributed by atoms with van der Waals surface area (Å²) in [5.74, 6) is 0.622. The van der Waals surface area contributed by atoms with Crippen molar-refractivity contribution >= 4 is 5.69 Å². The summed E-state index contributed by atoms with van der Waals surface area (Å²) in [4.78, 5) is 0. The Labute approximate surface area is 113 Å². The molecule has 1 unspecified atom stereocenters. The van der Waals surface area contributed by atoms with Crippen molar-refractivity contribution in [3.8, 4) is 5.75 Å². The van der Waals surface area contributed by atoms with Gasteiger partial charge in [0.2, 0.25) is 0 Å². The minimum Gasteiger partial charge on any atom is -0.495 e. The van der Waals surface area contributed by atoms with Gasteiger partial charge in [-0.05, 0) is 35.2 Å². The van der Waals surface area contributed by atoms with E-state index < -0.39 is 6.10 Å². The second-order valence-electron chi connectivity index (χ2n) is 4.50. The average molecular weight is 257 g/mol. The Kier molecular flexibility index (Phi) is 4.07. The molecule has 0 radical (unpaired) electrons. The van der Waals surface area contributed by atoms with Crippen molar-refractivity contribution < 1.29 is 9.84 Å². The highest BCUT2D eigenvalue weighted by atomic mass is 16.5. The third-order valence-corrected chi connectivity index (χ3v) is 3.27. The quantitative estimate of drug-likeness (QED) is 0.828. The lowest BCUT2D eigenvalue weighted by Crippen LogP contribution is -2.02. The minimum atomic E-state index is -0.667. The standard InChI is InChI=1S/C16H19NO2/c1-3-11-4-6-12(7-5-11)16(18)13-8-9-15(19-2)14(17)10-13/h4-10,16,18H,3,17H2,1-2H3. The number of nitrogens with two attached hydrogens (primary N) is 1. The molecule has 100 valence electrons. The predicted octanol–water partition coefficient (Wildman–Crippen LogP) is 2.92. The molecule has 0 amide bonds. The molecule has 0 aliphatic carbocycles. The number of aryl methyl sites for hydroxylation is 1. The number of aliphatic hydroxyl groups excluding tert-OH is 1. The number of rotatable bonds is 4. The van der Waals surface area contributed by atoms with Gasteiger partial charge in [-0.25, -0.2) is 0 Å². The van der Waals surface area contributed by atoms with Gasteiger partial charge in [0.25, 0.3) is 0 Å². The lowest BCUT2D eigenvalue weighted by atomic mass is 9.99. The Morgan fingerprint density at radius 3 is 2.26 bits per heavy atom. The number of hydrogen-bond donors (Lipinski definition) is 2. The van der Waals surface area contributed by atoms with Gasteiger partial charge in [-0.15, -0.1) is 0 Å². The second kappa shape index (κ2) is 5.76. The van der Waals surface area contributed by atoms with Gasteiger partial charge in [-0.1, -0.05) is 37.3 Å². The summed E-state index contributed by atoms with van der Waals surface area (Å²) in [6, 6.07) is 13.3. The Balaban J connectivity index is 2.27. The lowest BCUT2D eigenvalue weighted by molar-refractivity contribution is 0.220. The molecule has 19 heavy (non-hydrogen) atoms. The summed E-state index contributed by atoms with van der Waals surface area (Å²) >= 11 is 0. The molecule has 3 heteroatoms. The summed E-state index contributed by atoms with van der Waals surface area (Å²) in [6.07, 6.45) is 0.324. The highest BCUT2D eigenvalue weighted by Crippen LogP contribution is 2.28. The zero-order chi connectivity index (χ0) is 13.8. The summed E-state index contributed by atoms with van der Waals surface area (Å²) in [5, 5.41) is 10.3. The third-order valence-electron chi connectivity index (χ3n) is 3.27. The van der Waals surface area contributed by atoms with E-state index >= 15 is 0 Å². The smallest absolute Gasteiger partial charge is 0.141 e. The van der Waals surface area contributed by atoms with E-state index in [1.165, 1.54) is 5.56 Å². The van der Waals surface area contributed by atoms with Crippen LogP contribution < -0.4 is 10.5 Å². The topological polar surface area (TPSA) is 55.5 Å². The highest BCUT2D eigenvalue weighted by Gasteiger charge is 2.12. The maximum Gasteiger partial charge on any atom is 0.141 e. The van der Waals surface area contributed by atoms with Gasteiger partial charge in [0, 0.05) is 0 Å². The Hall–Kier alpha value is -2.00. The van der Waals surface area contributed by atoms with Crippen LogP contribution in [0.15, 0.2) is 42.5 Å². The molecule has 0 aliphatic heterocycles. The van der Waals surface area contributed by atoms with Crippen molar-refractivity contribution in [2.75, 3.05) is 12.8 Å². The molecule has 1 atom stereocenters. The Morgan fingerprint density at radius 2 is 1.74 bits per heavy atom. The van der Waals surface area contributed by atoms with E-state index in [4.69, 9.17) is 10.5 Å². The third kappa shape index (κ3) is 2.88. The van der Waals surface area contributed by atoms with Gasteiger partial charge in [0.05, 0.1) is 12.8 Å². The Bertz CT molecular complexity index is 549. The van der Waals surface area contributed by atoms with Gasteiger partial charge in [-0.3, -0.25) is 0 Å². The molecule has 2 aromatic carbocycles.